The van der Waals surface area contributed by atoms with Crippen molar-refractivity contribution in [3.8, 4) is 11.5 Å². The van der Waals surface area contributed by atoms with Gasteiger partial charge >= 0.3 is 5.97 Å². The third kappa shape index (κ3) is 7.09. The molecule has 0 aromatic heterocycles. The number of carbonyl (C=O) groups is 2. The van der Waals surface area contributed by atoms with Gasteiger partial charge in [-0.25, -0.2) is 13.2 Å². The third-order valence-corrected chi connectivity index (χ3v) is 8.35. The molecule has 0 unspecified atom stereocenters. The van der Waals surface area contributed by atoms with Gasteiger partial charge in [0.25, 0.3) is 0 Å². The van der Waals surface area contributed by atoms with Crippen molar-refractivity contribution in [3.63, 3.8) is 0 Å². The summed E-state index contributed by atoms with van der Waals surface area (Å²) in [6, 6.07) is 19.0. The van der Waals surface area contributed by atoms with Crippen molar-refractivity contribution in [2.75, 3.05) is 24.6 Å². The number of benzene rings is 3. The molecule has 0 spiro atoms. The topological polar surface area (TPSA) is 99.2 Å². The molecule has 0 aliphatic carbocycles. The average molecular weight is 564 g/mol. The van der Waals surface area contributed by atoms with Crippen LogP contribution in [0.3, 0.4) is 0 Å². The van der Waals surface area contributed by atoms with Crippen molar-refractivity contribution in [1.29, 1.82) is 0 Å². The molecule has 40 heavy (non-hydrogen) atoms. The lowest BCUT2D eigenvalue weighted by Crippen LogP contribution is -2.28. The van der Waals surface area contributed by atoms with Gasteiger partial charge < -0.3 is 14.2 Å². The van der Waals surface area contributed by atoms with Crippen LogP contribution in [-0.2, 0) is 25.8 Å². The van der Waals surface area contributed by atoms with Gasteiger partial charge in [0.05, 0.1) is 29.0 Å². The van der Waals surface area contributed by atoms with Crippen LogP contribution in [0.25, 0.3) is 0 Å². The Morgan fingerprint density at radius 2 is 1.73 bits per heavy atom. The molecule has 1 heterocycles. The minimum Gasteiger partial charge on any atom is -0.465 e. The molecule has 4 rings (SSSR count). The minimum absolute atomic E-state index is 0.166. The van der Waals surface area contributed by atoms with Crippen molar-refractivity contribution in [3.05, 3.63) is 95.2 Å². The second-order valence-electron chi connectivity index (χ2n) is 9.54. The van der Waals surface area contributed by atoms with E-state index >= 15 is 0 Å². The lowest BCUT2D eigenvalue weighted by atomic mass is 10.1. The Hall–Kier alpha value is -4.11. The number of anilines is 1. The third-order valence-electron chi connectivity index (χ3n) is 6.69. The number of esters is 1. The van der Waals surface area contributed by atoms with Gasteiger partial charge in [-0.05, 0) is 74.6 Å². The van der Waals surface area contributed by atoms with Gasteiger partial charge in [-0.2, -0.15) is 0 Å². The average Bonchev–Trinajstić information content (AvgIpc) is 3.43. The lowest BCUT2D eigenvalue weighted by molar-refractivity contribution is -0.107. The van der Waals surface area contributed by atoms with Crippen molar-refractivity contribution in [2.45, 2.75) is 43.9 Å². The molecule has 1 aliphatic rings. The van der Waals surface area contributed by atoms with Crippen LogP contribution < -0.4 is 14.4 Å². The fraction of sp³-hybridized carbons (Fsp3) is 0.290. The van der Waals surface area contributed by atoms with Crippen molar-refractivity contribution < 1.29 is 32.2 Å². The van der Waals surface area contributed by atoms with Crippen LogP contribution >= 0.6 is 0 Å². The molecule has 8 nitrogen and oxygen atoms in total. The number of allylic oxidation sites excluding steroid dienone is 1. The number of rotatable bonds is 13. The summed E-state index contributed by atoms with van der Waals surface area (Å²) in [4.78, 5) is 26.2. The van der Waals surface area contributed by atoms with Crippen LogP contribution in [0.15, 0.2) is 83.4 Å². The number of methoxy groups -OCH3 is 1. The molecular formula is C31H33NO7S. The Morgan fingerprint density at radius 1 is 0.975 bits per heavy atom. The predicted molar refractivity (Wildman–Crippen MR) is 152 cm³/mol. The van der Waals surface area contributed by atoms with Gasteiger partial charge in [0, 0.05) is 5.70 Å². The highest BCUT2D eigenvalue weighted by atomic mass is 32.2. The van der Waals surface area contributed by atoms with E-state index in [1.54, 1.807) is 54.6 Å². The molecule has 3 aromatic carbocycles. The number of nitrogens with zero attached hydrogens (tertiary/aromatic N) is 1. The van der Waals surface area contributed by atoms with Gasteiger partial charge in [-0.3, -0.25) is 9.69 Å². The van der Waals surface area contributed by atoms with E-state index < -0.39 is 21.6 Å². The molecule has 0 N–H and O–H groups in total. The molecule has 1 amide bonds. The van der Waals surface area contributed by atoms with Gasteiger partial charge in [0.2, 0.25) is 13.2 Å². The zero-order chi connectivity index (χ0) is 28.5. The second-order valence-corrected chi connectivity index (χ2v) is 11.5. The minimum atomic E-state index is -3.77. The monoisotopic (exact) mass is 563 g/mol. The Balaban J connectivity index is 1.50. The van der Waals surface area contributed by atoms with E-state index in [1.165, 1.54) is 12.0 Å². The van der Waals surface area contributed by atoms with Crippen molar-refractivity contribution in [1.82, 2.24) is 0 Å². The molecule has 1 aliphatic heterocycles. The Kier molecular flexibility index (Phi) is 9.60. The fourth-order valence-corrected chi connectivity index (χ4v) is 5.88. The lowest BCUT2D eigenvalue weighted by Gasteiger charge is -2.23. The zero-order valence-corrected chi connectivity index (χ0v) is 23.5. The van der Waals surface area contributed by atoms with Crippen LogP contribution in [-0.4, -0.2) is 40.5 Å². The van der Waals surface area contributed by atoms with Crippen LogP contribution in [0.4, 0.5) is 5.69 Å². The van der Waals surface area contributed by atoms with Gasteiger partial charge in [0.1, 0.15) is 0 Å². The summed E-state index contributed by atoms with van der Waals surface area (Å²) in [5.41, 5.74) is 2.81. The smallest absolute Gasteiger partial charge is 0.339 e. The number of hydrogen-bond donors (Lipinski definition) is 0. The number of carbonyl (C=O) groups excluding carboxylic acids is 2. The molecule has 3 aromatic rings. The van der Waals surface area contributed by atoms with E-state index in [9.17, 15) is 18.0 Å². The first-order valence-electron chi connectivity index (χ1n) is 13.1. The molecule has 0 radical (unpaired) electrons. The van der Waals surface area contributed by atoms with Crippen LogP contribution in [0.1, 0.15) is 47.2 Å². The summed E-state index contributed by atoms with van der Waals surface area (Å²) in [5, 5.41) is 0. The first kappa shape index (κ1) is 28.9. The number of aryl methyl sites for hydroxylation is 2. The fourth-order valence-electron chi connectivity index (χ4n) is 4.51. The largest absolute Gasteiger partial charge is 0.465 e. The number of fused-ring (bicyclic) bond motifs is 1. The second kappa shape index (κ2) is 13.3. The van der Waals surface area contributed by atoms with E-state index in [0.717, 1.165) is 48.3 Å². The quantitative estimate of drug-likeness (QED) is 0.151. The highest BCUT2D eigenvalue weighted by Crippen LogP contribution is 2.33. The molecular weight excluding hydrogens is 530 g/mol. The van der Waals surface area contributed by atoms with Crippen molar-refractivity contribution >= 4 is 27.9 Å². The van der Waals surface area contributed by atoms with Gasteiger partial charge in [-0.1, -0.05) is 48.4 Å². The van der Waals surface area contributed by atoms with E-state index in [0.29, 0.717) is 12.8 Å². The van der Waals surface area contributed by atoms with Gasteiger partial charge in [-0.15, -0.1) is 0 Å². The Labute approximate surface area is 235 Å². The van der Waals surface area contributed by atoms with E-state index in [4.69, 9.17) is 14.2 Å². The van der Waals surface area contributed by atoms with Crippen LogP contribution in [0.5, 0.6) is 11.5 Å². The maximum absolute atomic E-state index is 13.4. The number of sulfone groups is 1. The number of unbranched alkanes of at least 4 members (excludes halogenated alkanes) is 3. The van der Waals surface area contributed by atoms with Crippen LogP contribution in [0, 0.1) is 6.92 Å². The van der Waals surface area contributed by atoms with Crippen LogP contribution in [0.2, 0.25) is 0 Å². The molecule has 0 fully saturated rings. The standard InChI is InChI=1S/C31H33NO7S/c1-23-13-16-26(17-14-23)40(35,36)20-25(32(21-33)28-12-8-7-11-27(28)31(34)37-2)10-6-4-3-5-9-24-15-18-29-30(19-24)39-22-38-29/h7-8,10-19,21H,3-6,9,20,22H2,1-2H3/b25-10+. The normalized spacial score (nSPS) is 12.7. The summed E-state index contributed by atoms with van der Waals surface area (Å²) >= 11 is 0. The maximum Gasteiger partial charge on any atom is 0.339 e. The summed E-state index contributed by atoms with van der Waals surface area (Å²) in [6.07, 6.45) is 6.39. The Bertz CT molecular complexity index is 1480. The molecule has 0 saturated carbocycles. The molecule has 0 bridgehead atoms. The van der Waals surface area contributed by atoms with Crippen molar-refractivity contribution in [2.24, 2.45) is 0 Å². The maximum atomic E-state index is 13.4. The zero-order valence-electron chi connectivity index (χ0n) is 22.7. The summed E-state index contributed by atoms with van der Waals surface area (Å²) in [6.45, 7) is 2.13. The highest BCUT2D eigenvalue weighted by molar-refractivity contribution is 7.91. The molecule has 0 atom stereocenters. The van der Waals surface area contributed by atoms with E-state index in [-0.39, 0.29) is 28.6 Å². The number of amides is 1. The first-order chi connectivity index (χ1) is 19.3. The number of para-hydroxylation sites is 1. The molecule has 210 valence electrons. The number of ether oxygens (including phenoxy) is 3. The van der Waals surface area contributed by atoms with E-state index in [1.807, 2.05) is 25.1 Å². The highest BCUT2D eigenvalue weighted by Gasteiger charge is 2.24. The Morgan fingerprint density at radius 3 is 2.48 bits per heavy atom. The summed E-state index contributed by atoms with van der Waals surface area (Å²) in [5.74, 6) is 0.505. The molecule has 0 saturated heterocycles. The number of hydrogen-bond acceptors (Lipinski definition) is 7. The summed E-state index contributed by atoms with van der Waals surface area (Å²) < 4.78 is 42.4. The first-order valence-corrected chi connectivity index (χ1v) is 14.8. The summed E-state index contributed by atoms with van der Waals surface area (Å²) in [7, 11) is -2.52. The predicted octanol–water partition coefficient (Wildman–Crippen LogP) is 5.63. The molecule has 9 heteroatoms. The SMILES string of the molecule is COC(=O)c1ccccc1N(C=O)/C(=C/CCCCCc1ccc2c(c1)OCO2)CS(=O)(=O)c1ccc(C)cc1. The van der Waals surface area contributed by atoms with Gasteiger partial charge in [0.15, 0.2) is 21.3 Å². The van der Waals surface area contributed by atoms with E-state index in [2.05, 4.69) is 0 Å².